The summed E-state index contributed by atoms with van der Waals surface area (Å²) in [6, 6.07) is 0. The molecule has 0 bridgehead atoms. The summed E-state index contributed by atoms with van der Waals surface area (Å²) < 4.78 is 10.2. The third-order valence-corrected chi connectivity index (χ3v) is 3.10. The number of amides is 2. The first-order chi connectivity index (χ1) is 8.60. The third kappa shape index (κ3) is 4.25. The molecule has 0 aromatic carbocycles. The minimum atomic E-state index is -0.526. The molecule has 18 heavy (non-hydrogen) atoms. The Balaban J connectivity index is 2.27. The van der Waals surface area contributed by atoms with Crippen molar-refractivity contribution >= 4 is 11.8 Å². The average Bonchev–Trinajstić information content (AvgIpc) is 2.38. The molecule has 7 heteroatoms. The molecule has 1 heterocycles. The summed E-state index contributed by atoms with van der Waals surface area (Å²) in [7, 11) is 0. The van der Waals surface area contributed by atoms with Crippen molar-refractivity contribution in [3.63, 3.8) is 0 Å². The number of hydrogen-bond acceptors (Lipinski definition) is 5. The zero-order valence-electron chi connectivity index (χ0n) is 10.4. The van der Waals surface area contributed by atoms with Crippen LogP contribution < -0.4 is 16.8 Å². The Bertz CT molecular complexity index is 290. The molecule has 0 saturated carbocycles. The van der Waals surface area contributed by atoms with Gasteiger partial charge in [-0.05, 0) is 12.8 Å². The lowest BCUT2D eigenvalue weighted by molar-refractivity contribution is -0.136. The van der Waals surface area contributed by atoms with Gasteiger partial charge in [0.05, 0.1) is 12.0 Å². The van der Waals surface area contributed by atoms with Gasteiger partial charge in [0, 0.05) is 26.3 Å². The first-order valence-electron chi connectivity index (χ1n) is 6.03. The molecule has 0 spiro atoms. The lowest BCUT2D eigenvalue weighted by atomic mass is 9.79. The highest BCUT2D eigenvalue weighted by atomic mass is 16.5. The number of nitrogens with two attached hydrogens (primary N) is 2. The fraction of sp³-hybridized carbons (Fsp3) is 0.818. The average molecular weight is 259 g/mol. The van der Waals surface area contributed by atoms with Gasteiger partial charge in [0.1, 0.15) is 6.61 Å². The number of ether oxygens (including phenoxy) is 2. The molecule has 7 nitrogen and oxygen atoms in total. The Hall–Kier alpha value is -1.18. The van der Waals surface area contributed by atoms with Gasteiger partial charge in [0.25, 0.3) is 0 Å². The number of carbonyl (C=O) groups excluding carboxylic acids is 2. The fourth-order valence-corrected chi connectivity index (χ4v) is 1.88. The fourth-order valence-electron chi connectivity index (χ4n) is 1.88. The van der Waals surface area contributed by atoms with Crippen LogP contribution in [-0.2, 0) is 19.1 Å². The second-order valence-electron chi connectivity index (χ2n) is 4.37. The van der Waals surface area contributed by atoms with Crippen LogP contribution in [-0.4, -0.2) is 51.3 Å². The quantitative estimate of drug-likeness (QED) is 0.474. The predicted molar refractivity (Wildman–Crippen MR) is 64.6 cm³/mol. The van der Waals surface area contributed by atoms with E-state index in [4.69, 9.17) is 20.9 Å². The maximum Gasteiger partial charge on any atom is 0.243 e. The number of nitrogens with one attached hydrogen (secondary N) is 1. The molecule has 1 fully saturated rings. The Morgan fingerprint density at radius 3 is 2.56 bits per heavy atom. The lowest BCUT2D eigenvalue weighted by Crippen LogP contribution is -2.49. The van der Waals surface area contributed by atoms with Crippen LogP contribution in [0.4, 0.5) is 0 Å². The zero-order chi connectivity index (χ0) is 13.4. The predicted octanol–water partition coefficient (Wildman–Crippen LogP) is -1.64. The van der Waals surface area contributed by atoms with E-state index in [0.717, 1.165) is 0 Å². The van der Waals surface area contributed by atoms with Gasteiger partial charge in [0.15, 0.2) is 0 Å². The highest BCUT2D eigenvalue weighted by Crippen LogP contribution is 2.29. The summed E-state index contributed by atoms with van der Waals surface area (Å²) in [5.74, 6) is -0.597. The minimum Gasteiger partial charge on any atom is -0.381 e. The van der Waals surface area contributed by atoms with Crippen molar-refractivity contribution in [1.29, 1.82) is 0 Å². The van der Waals surface area contributed by atoms with Crippen molar-refractivity contribution in [1.82, 2.24) is 5.32 Å². The summed E-state index contributed by atoms with van der Waals surface area (Å²) in [6.45, 7) is 1.89. The summed E-state index contributed by atoms with van der Waals surface area (Å²) in [4.78, 5) is 22.5. The maximum atomic E-state index is 12.1. The third-order valence-electron chi connectivity index (χ3n) is 3.10. The SMILES string of the molecule is NCC1(C(=O)NCCOCC(N)=O)CCOCC1. The molecule has 0 aromatic rings. The molecular formula is C11H21N3O4. The number of carbonyl (C=O) groups is 2. The monoisotopic (exact) mass is 259 g/mol. The van der Waals surface area contributed by atoms with Gasteiger partial charge in [-0.1, -0.05) is 0 Å². The van der Waals surface area contributed by atoms with E-state index < -0.39 is 11.3 Å². The second-order valence-corrected chi connectivity index (χ2v) is 4.37. The van der Waals surface area contributed by atoms with Crippen molar-refractivity contribution in [2.45, 2.75) is 12.8 Å². The van der Waals surface area contributed by atoms with E-state index in [-0.39, 0.29) is 19.1 Å². The first kappa shape index (κ1) is 14.9. The number of primary amides is 1. The summed E-state index contributed by atoms with van der Waals surface area (Å²) in [5, 5.41) is 2.77. The van der Waals surface area contributed by atoms with Crippen molar-refractivity contribution in [3.05, 3.63) is 0 Å². The normalized spacial score (nSPS) is 18.3. The van der Waals surface area contributed by atoms with Crippen LogP contribution in [0.3, 0.4) is 0 Å². The Morgan fingerprint density at radius 1 is 1.33 bits per heavy atom. The van der Waals surface area contributed by atoms with Crippen LogP contribution in [0.15, 0.2) is 0 Å². The molecule has 1 aliphatic rings. The van der Waals surface area contributed by atoms with E-state index in [1.165, 1.54) is 0 Å². The first-order valence-corrected chi connectivity index (χ1v) is 6.03. The van der Waals surface area contributed by atoms with Gasteiger partial charge in [-0.3, -0.25) is 9.59 Å². The standard InChI is InChI=1S/C11H21N3O4/c12-8-11(1-4-17-5-2-11)10(16)14-3-6-18-7-9(13)15/h1-8,12H2,(H2,13,15)(H,14,16). The van der Waals surface area contributed by atoms with Crippen LogP contribution >= 0.6 is 0 Å². The summed E-state index contributed by atoms with van der Waals surface area (Å²) >= 11 is 0. The van der Waals surface area contributed by atoms with Crippen molar-refractivity contribution in [2.24, 2.45) is 16.9 Å². The smallest absolute Gasteiger partial charge is 0.243 e. The van der Waals surface area contributed by atoms with E-state index in [1.807, 2.05) is 0 Å². The Kier molecular flexibility index (Phi) is 6.03. The molecule has 0 atom stereocenters. The molecule has 1 rings (SSSR count). The Morgan fingerprint density at radius 2 is 2.00 bits per heavy atom. The molecule has 5 N–H and O–H groups in total. The van der Waals surface area contributed by atoms with E-state index in [0.29, 0.717) is 39.1 Å². The molecule has 104 valence electrons. The topological polar surface area (TPSA) is 117 Å². The van der Waals surface area contributed by atoms with Gasteiger partial charge in [-0.2, -0.15) is 0 Å². The molecular weight excluding hydrogens is 238 g/mol. The number of hydrogen-bond donors (Lipinski definition) is 3. The van der Waals surface area contributed by atoms with E-state index in [1.54, 1.807) is 0 Å². The van der Waals surface area contributed by atoms with Gasteiger partial charge in [0.2, 0.25) is 11.8 Å². The van der Waals surface area contributed by atoms with Crippen LogP contribution in [0.2, 0.25) is 0 Å². The molecule has 0 unspecified atom stereocenters. The summed E-state index contributed by atoms with van der Waals surface area (Å²) in [6.07, 6.45) is 1.27. The highest BCUT2D eigenvalue weighted by molar-refractivity contribution is 5.83. The molecule has 0 aliphatic carbocycles. The van der Waals surface area contributed by atoms with Crippen molar-refractivity contribution in [2.75, 3.05) is 39.5 Å². The van der Waals surface area contributed by atoms with Crippen LogP contribution in [0.1, 0.15) is 12.8 Å². The lowest BCUT2D eigenvalue weighted by Gasteiger charge is -2.34. The molecule has 1 aliphatic heterocycles. The Labute approximate surface area is 106 Å². The summed E-state index contributed by atoms with van der Waals surface area (Å²) in [5.41, 5.74) is 10.1. The van der Waals surface area contributed by atoms with Gasteiger partial charge >= 0.3 is 0 Å². The minimum absolute atomic E-state index is 0.0732. The zero-order valence-corrected chi connectivity index (χ0v) is 10.4. The number of rotatable bonds is 7. The van der Waals surface area contributed by atoms with E-state index in [2.05, 4.69) is 5.32 Å². The van der Waals surface area contributed by atoms with Crippen LogP contribution in [0.25, 0.3) is 0 Å². The van der Waals surface area contributed by atoms with Crippen molar-refractivity contribution < 1.29 is 19.1 Å². The van der Waals surface area contributed by atoms with Crippen LogP contribution in [0.5, 0.6) is 0 Å². The van der Waals surface area contributed by atoms with Gasteiger partial charge < -0.3 is 26.3 Å². The van der Waals surface area contributed by atoms with E-state index in [9.17, 15) is 9.59 Å². The van der Waals surface area contributed by atoms with Gasteiger partial charge in [-0.25, -0.2) is 0 Å². The highest BCUT2D eigenvalue weighted by Gasteiger charge is 2.38. The molecule has 0 aromatic heterocycles. The second kappa shape index (κ2) is 7.30. The molecule has 1 saturated heterocycles. The van der Waals surface area contributed by atoms with Gasteiger partial charge in [-0.15, -0.1) is 0 Å². The van der Waals surface area contributed by atoms with E-state index >= 15 is 0 Å². The molecule has 0 radical (unpaired) electrons. The largest absolute Gasteiger partial charge is 0.381 e. The molecule has 2 amide bonds. The van der Waals surface area contributed by atoms with Crippen molar-refractivity contribution in [3.8, 4) is 0 Å². The maximum absolute atomic E-state index is 12.1. The van der Waals surface area contributed by atoms with Crippen LogP contribution in [0, 0.1) is 5.41 Å².